The number of hydrogen-bond donors (Lipinski definition) is 13. The molecule has 0 unspecified atom stereocenters. The van der Waals surface area contributed by atoms with Crippen LogP contribution in [-0.2, 0) is 51.2 Å². The van der Waals surface area contributed by atoms with Crippen molar-refractivity contribution in [2.45, 2.75) is 88.6 Å². The smallest absolute Gasteiger partial charge is 0.328 e. The second-order valence-electron chi connectivity index (χ2n) is 13.5. The predicted octanol–water partition coefficient (Wildman–Crippen LogP) is -4.29. The zero-order valence-electron chi connectivity index (χ0n) is 32.7. The lowest BCUT2D eigenvalue weighted by molar-refractivity contribution is -0.144. The fourth-order valence-corrected chi connectivity index (χ4v) is 5.36. The Labute approximate surface area is 339 Å². The molecule has 16 N–H and O–H groups in total. The van der Waals surface area contributed by atoms with E-state index in [1.54, 1.807) is 37.3 Å². The number of aliphatic hydroxyl groups is 1. The Hall–Kier alpha value is -6.62. The number of aliphatic imine (C=N–C) groups is 1. The maximum atomic E-state index is 14.0. The normalized spacial score (nSPS) is 14.4. The second-order valence-corrected chi connectivity index (χ2v) is 13.5. The topological polar surface area (TPSA) is 389 Å². The molecule has 1 aromatic carbocycles. The molecule has 0 aliphatic rings. The van der Waals surface area contributed by atoms with Gasteiger partial charge in [-0.1, -0.05) is 50.6 Å². The quantitative estimate of drug-likeness (QED) is 0.0242. The van der Waals surface area contributed by atoms with E-state index in [0.29, 0.717) is 17.7 Å². The van der Waals surface area contributed by atoms with Crippen LogP contribution < -0.4 is 49.1 Å². The van der Waals surface area contributed by atoms with E-state index in [4.69, 9.17) is 17.2 Å². The number of rotatable bonds is 26. The number of H-pyrrole nitrogens is 1. The van der Waals surface area contributed by atoms with Gasteiger partial charge in [-0.05, 0) is 24.3 Å². The van der Waals surface area contributed by atoms with Crippen molar-refractivity contribution < 1.29 is 53.7 Å². The van der Waals surface area contributed by atoms with Gasteiger partial charge >= 0.3 is 11.9 Å². The summed E-state index contributed by atoms with van der Waals surface area (Å²) in [4.78, 5) is 114. The van der Waals surface area contributed by atoms with Crippen LogP contribution >= 0.6 is 0 Å². The first-order valence-electron chi connectivity index (χ1n) is 18.6. The lowest BCUT2D eigenvalue weighted by Crippen LogP contribution is -2.60. The van der Waals surface area contributed by atoms with E-state index in [-0.39, 0.29) is 44.1 Å². The number of nitrogens with two attached hydrogens (primary N) is 3. The highest BCUT2D eigenvalue weighted by molar-refractivity contribution is 5.97. The number of aliphatic carboxylic acids is 2. The van der Waals surface area contributed by atoms with Gasteiger partial charge in [0.2, 0.25) is 35.4 Å². The number of carboxylic acids is 2. The maximum absolute atomic E-state index is 14.0. The number of nitrogens with one attached hydrogen (secondary N) is 7. The number of aromatic nitrogens is 2. The molecule has 2 rings (SSSR count). The molecule has 2 aromatic rings. The van der Waals surface area contributed by atoms with Crippen molar-refractivity contribution in [2.24, 2.45) is 28.1 Å². The number of aliphatic hydroxyl groups excluding tert-OH is 1. The molecule has 0 radical (unpaired) electrons. The van der Waals surface area contributed by atoms with Crippen molar-refractivity contribution in [3.05, 3.63) is 54.1 Å². The standard InChI is InChI=1S/C36H54N12O11/c1-3-19(2)29(37)34(57)42-16-27(50)44-23(12-20-8-5-4-6-9-20)31(54)45-22(10-7-11-41-36(38)39)30(53)46-24(13-21-15-40-18-43-21)32(55)47-25(14-28(51)52)33(56)48-26(17-49)35(58)59/h4-6,8-9,15,18-19,22-26,29,49H,3,7,10-14,16-17,37H2,1-2H3,(H,40,43)(H,42,57)(H,44,50)(H,45,54)(H,46,53)(H,47,55)(H,48,56)(H,51,52)(H,58,59)(H4,38,39,41)/t19-,22-,23-,24-,25-,26-,29-/m0/s1. The average Bonchev–Trinajstić information content (AvgIpc) is 3.71. The second kappa shape index (κ2) is 24.9. The van der Waals surface area contributed by atoms with Gasteiger partial charge < -0.3 is 69.4 Å². The number of carboxylic acid groups (broad SMARTS) is 2. The summed E-state index contributed by atoms with van der Waals surface area (Å²) in [5, 5.41) is 42.3. The number of hydrogen-bond acceptors (Lipinski definition) is 12. The molecule has 0 saturated heterocycles. The number of aromatic amines is 1. The highest BCUT2D eigenvalue weighted by Crippen LogP contribution is 2.09. The first-order valence-corrected chi connectivity index (χ1v) is 18.6. The molecule has 6 amide bonds. The number of carbonyl (C=O) groups excluding carboxylic acids is 6. The average molecular weight is 831 g/mol. The summed E-state index contributed by atoms with van der Waals surface area (Å²) in [6, 6.07) is -0.192. The molecule has 324 valence electrons. The fraction of sp³-hybridized carbons (Fsp3) is 0.500. The Kier molecular flexibility index (Phi) is 20.5. The molecular weight excluding hydrogens is 776 g/mol. The number of guanidine groups is 1. The van der Waals surface area contributed by atoms with Gasteiger partial charge in [0.25, 0.3) is 0 Å². The van der Waals surface area contributed by atoms with Crippen molar-refractivity contribution in [1.82, 2.24) is 41.9 Å². The third-order valence-corrected chi connectivity index (χ3v) is 8.92. The molecule has 1 heterocycles. The first kappa shape index (κ1) is 48.5. The Morgan fingerprint density at radius 3 is 1.93 bits per heavy atom. The lowest BCUT2D eigenvalue weighted by atomic mass is 9.99. The van der Waals surface area contributed by atoms with Gasteiger partial charge in [-0.3, -0.25) is 38.6 Å². The number of imidazole rings is 1. The van der Waals surface area contributed by atoms with Crippen LogP contribution in [0.2, 0.25) is 0 Å². The Balaban J connectivity index is 2.40. The maximum Gasteiger partial charge on any atom is 0.328 e. The van der Waals surface area contributed by atoms with Crippen LogP contribution in [0.15, 0.2) is 47.8 Å². The molecule has 1 aromatic heterocycles. The molecule has 23 heteroatoms. The molecule has 59 heavy (non-hydrogen) atoms. The molecule has 0 aliphatic heterocycles. The van der Waals surface area contributed by atoms with E-state index in [1.165, 1.54) is 12.5 Å². The van der Waals surface area contributed by atoms with Crippen molar-refractivity contribution >= 4 is 53.3 Å². The summed E-state index contributed by atoms with van der Waals surface area (Å²) in [5.74, 6) is -8.94. The van der Waals surface area contributed by atoms with Gasteiger partial charge in [-0.2, -0.15) is 0 Å². The van der Waals surface area contributed by atoms with Gasteiger partial charge in [0.05, 0.1) is 31.9 Å². The van der Waals surface area contributed by atoms with Crippen LogP contribution in [0, 0.1) is 5.92 Å². The predicted molar refractivity (Wildman–Crippen MR) is 209 cm³/mol. The van der Waals surface area contributed by atoms with Crippen LogP contribution in [0.5, 0.6) is 0 Å². The Bertz CT molecular complexity index is 1760. The SMILES string of the molecule is CC[C@H](C)[C@H](N)C(=O)NCC(=O)N[C@@H](Cc1ccccc1)C(=O)N[C@@H](CCCN=C(N)N)C(=O)N[C@@H](Cc1cnc[nH]1)C(=O)N[C@@H](CC(=O)O)C(=O)N[C@@H](CO)C(=O)O. The van der Waals surface area contributed by atoms with E-state index in [1.807, 2.05) is 12.2 Å². The van der Waals surface area contributed by atoms with Crippen molar-refractivity contribution in [1.29, 1.82) is 0 Å². The highest BCUT2D eigenvalue weighted by atomic mass is 16.4. The zero-order valence-corrected chi connectivity index (χ0v) is 32.7. The highest BCUT2D eigenvalue weighted by Gasteiger charge is 2.34. The van der Waals surface area contributed by atoms with E-state index < -0.39 is 103 Å². The van der Waals surface area contributed by atoms with Crippen LogP contribution in [0.1, 0.15) is 50.8 Å². The summed E-state index contributed by atoms with van der Waals surface area (Å²) >= 11 is 0. The minimum absolute atomic E-state index is 0.0276. The first-order chi connectivity index (χ1) is 27.9. The van der Waals surface area contributed by atoms with E-state index in [2.05, 4.69) is 41.5 Å². The summed E-state index contributed by atoms with van der Waals surface area (Å²) in [6.07, 6.45) is 1.92. The van der Waals surface area contributed by atoms with Crippen molar-refractivity contribution in [3.8, 4) is 0 Å². The Morgan fingerprint density at radius 1 is 0.797 bits per heavy atom. The van der Waals surface area contributed by atoms with Gasteiger partial charge in [0.1, 0.15) is 30.2 Å². The van der Waals surface area contributed by atoms with Crippen LogP contribution in [0.25, 0.3) is 0 Å². The van der Waals surface area contributed by atoms with Gasteiger partial charge in [-0.25, -0.2) is 9.78 Å². The summed E-state index contributed by atoms with van der Waals surface area (Å²) in [7, 11) is 0. The van der Waals surface area contributed by atoms with Gasteiger partial charge in [0.15, 0.2) is 5.96 Å². The summed E-state index contributed by atoms with van der Waals surface area (Å²) < 4.78 is 0. The fourth-order valence-electron chi connectivity index (χ4n) is 5.36. The zero-order chi connectivity index (χ0) is 44.1. The molecule has 23 nitrogen and oxygen atoms in total. The minimum Gasteiger partial charge on any atom is -0.481 e. The van der Waals surface area contributed by atoms with E-state index >= 15 is 0 Å². The molecule has 0 spiro atoms. The molecular formula is C36H54N12O11. The third-order valence-electron chi connectivity index (χ3n) is 8.92. The lowest BCUT2D eigenvalue weighted by Gasteiger charge is -2.26. The molecule has 0 saturated carbocycles. The van der Waals surface area contributed by atoms with E-state index in [9.17, 15) is 53.7 Å². The number of carbonyl (C=O) groups is 8. The molecule has 0 fully saturated rings. The van der Waals surface area contributed by atoms with E-state index in [0.717, 1.165) is 0 Å². The van der Waals surface area contributed by atoms with Crippen molar-refractivity contribution in [3.63, 3.8) is 0 Å². The summed E-state index contributed by atoms with van der Waals surface area (Å²) in [5.41, 5.74) is 17.8. The van der Waals surface area contributed by atoms with Crippen LogP contribution in [-0.4, -0.2) is 135 Å². The number of benzene rings is 1. The summed E-state index contributed by atoms with van der Waals surface area (Å²) in [6.45, 7) is 2.13. The monoisotopic (exact) mass is 830 g/mol. The largest absolute Gasteiger partial charge is 0.481 e. The molecule has 0 bridgehead atoms. The third kappa shape index (κ3) is 17.6. The van der Waals surface area contributed by atoms with Gasteiger partial charge in [0, 0.05) is 31.3 Å². The number of amides is 6. The molecule has 7 atom stereocenters. The Morgan fingerprint density at radius 2 is 1.37 bits per heavy atom. The van der Waals surface area contributed by atoms with Crippen molar-refractivity contribution in [2.75, 3.05) is 19.7 Å². The molecule has 0 aliphatic carbocycles. The van der Waals surface area contributed by atoms with Crippen LogP contribution in [0.3, 0.4) is 0 Å². The minimum atomic E-state index is -1.86. The van der Waals surface area contributed by atoms with Gasteiger partial charge in [-0.15, -0.1) is 0 Å². The van der Waals surface area contributed by atoms with Crippen LogP contribution in [0.4, 0.5) is 0 Å². The number of nitrogens with zero attached hydrogens (tertiary/aromatic N) is 2.